The van der Waals surface area contributed by atoms with Gasteiger partial charge in [-0.25, -0.2) is 0 Å². The van der Waals surface area contributed by atoms with E-state index in [1.54, 1.807) is 0 Å². The molecule has 0 atom stereocenters. The molecule has 0 aliphatic rings. The summed E-state index contributed by atoms with van der Waals surface area (Å²) < 4.78 is 0. The van der Waals surface area contributed by atoms with Gasteiger partial charge in [-0.15, -0.1) is 0 Å². The van der Waals surface area contributed by atoms with Crippen molar-refractivity contribution < 1.29 is 4.79 Å². The maximum absolute atomic E-state index is 11.2. The van der Waals surface area contributed by atoms with E-state index in [0.29, 0.717) is 13.0 Å². The highest BCUT2D eigenvalue weighted by Gasteiger charge is 2.01. The molecule has 0 aliphatic heterocycles. The predicted molar refractivity (Wildman–Crippen MR) is 58.2 cm³/mol. The summed E-state index contributed by atoms with van der Waals surface area (Å²) in [5.74, 6) is -0.0317. The second-order valence-corrected chi connectivity index (χ2v) is 3.39. The Hall–Kier alpha value is -1.35. The molecule has 1 aromatic carbocycles. The zero-order chi connectivity index (χ0) is 10.6. The van der Waals surface area contributed by atoms with Gasteiger partial charge in [0.05, 0.1) is 0 Å². The highest BCUT2D eigenvalue weighted by Crippen LogP contribution is 2.14. The molecule has 1 aromatic rings. The number of anilines is 1. The summed E-state index contributed by atoms with van der Waals surface area (Å²) in [6.07, 6.45) is 0.368. The highest BCUT2D eigenvalue weighted by atomic mass is 16.1. The Labute approximate surface area is 84.3 Å². The highest BCUT2D eigenvalue weighted by molar-refractivity contribution is 5.90. The fraction of sp³-hybridized carbons (Fsp3) is 0.364. The van der Waals surface area contributed by atoms with Crippen LogP contribution in [0.5, 0.6) is 0 Å². The summed E-state index contributed by atoms with van der Waals surface area (Å²) in [5.41, 5.74) is 8.52. The smallest absolute Gasteiger partial charge is 0.225 e. The van der Waals surface area contributed by atoms with E-state index >= 15 is 0 Å². The molecule has 3 N–H and O–H groups in total. The fourth-order valence-corrected chi connectivity index (χ4v) is 1.17. The van der Waals surface area contributed by atoms with Gasteiger partial charge in [-0.3, -0.25) is 4.79 Å². The number of aryl methyl sites for hydroxylation is 2. The van der Waals surface area contributed by atoms with Crippen LogP contribution in [0.4, 0.5) is 5.69 Å². The molecule has 3 heteroatoms. The molecular weight excluding hydrogens is 176 g/mol. The molecule has 0 saturated carbocycles. The minimum absolute atomic E-state index is 0.0317. The van der Waals surface area contributed by atoms with Crippen LogP contribution < -0.4 is 11.1 Å². The van der Waals surface area contributed by atoms with Gasteiger partial charge in [0, 0.05) is 18.7 Å². The van der Waals surface area contributed by atoms with Crippen LogP contribution in [-0.4, -0.2) is 12.5 Å². The molecule has 0 bridgehead atoms. The van der Waals surface area contributed by atoms with Crippen molar-refractivity contribution >= 4 is 11.6 Å². The third-order valence-corrected chi connectivity index (χ3v) is 2.16. The van der Waals surface area contributed by atoms with Crippen molar-refractivity contribution in [3.8, 4) is 0 Å². The van der Waals surface area contributed by atoms with Gasteiger partial charge in [-0.1, -0.05) is 6.07 Å². The summed E-state index contributed by atoms with van der Waals surface area (Å²) in [5, 5.41) is 2.79. The van der Waals surface area contributed by atoms with E-state index in [4.69, 9.17) is 5.73 Å². The zero-order valence-corrected chi connectivity index (χ0v) is 8.63. The zero-order valence-electron chi connectivity index (χ0n) is 8.63. The van der Waals surface area contributed by atoms with Crippen LogP contribution in [0.25, 0.3) is 0 Å². The number of rotatable bonds is 3. The first-order valence-electron chi connectivity index (χ1n) is 4.70. The molecule has 14 heavy (non-hydrogen) atoms. The van der Waals surface area contributed by atoms with E-state index in [9.17, 15) is 4.79 Å². The Morgan fingerprint density at radius 1 is 1.36 bits per heavy atom. The van der Waals surface area contributed by atoms with Crippen molar-refractivity contribution in [1.29, 1.82) is 0 Å². The lowest BCUT2D eigenvalue weighted by Crippen LogP contribution is -2.16. The Morgan fingerprint density at radius 2 is 2.07 bits per heavy atom. The number of hydrogen-bond donors (Lipinski definition) is 2. The van der Waals surface area contributed by atoms with Crippen molar-refractivity contribution in [3.63, 3.8) is 0 Å². The SMILES string of the molecule is Cc1ccc(NC(=O)CCN)cc1C. The minimum Gasteiger partial charge on any atom is -0.330 e. The molecule has 76 valence electrons. The minimum atomic E-state index is -0.0317. The van der Waals surface area contributed by atoms with Crippen LogP contribution in [0.3, 0.4) is 0 Å². The van der Waals surface area contributed by atoms with Crippen LogP contribution in [0, 0.1) is 13.8 Å². The van der Waals surface area contributed by atoms with E-state index in [1.807, 2.05) is 32.0 Å². The van der Waals surface area contributed by atoms with E-state index < -0.39 is 0 Å². The molecular formula is C11H16N2O. The average molecular weight is 192 g/mol. The number of nitrogens with one attached hydrogen (secondary N) is 1. The second-order valence-electron chi connectivity index (χ2n) is 3.39. The maximum atomic E-state index is 11.2. The average Bonchev–Trinajstić information content (AvgIpc) is 2.12. The number of hydrogen-bond acceptors (Lipinski definition) is 2. The molecule has 0 aromatic heterocycles. The molecule has 0 aliphatic carbocycles. The number of carbonyl (C=O) groups excluding carboxylic acids is 1. The molecule has 1 amide bonds. The maximum Gasteiger partial charge on any atom is 0.225 e. The fourth-order valence-electron chi connectivity index (χ4n) is 1.17. The summed E-state index contributed by atoms with van der Waals surface area (Å²) in [6.45, 7) is 4.45. The van der Waals surface area contributed by atoms with Crippen molar-refractivity contribution in [3.05, 3.63) is 29.3 Å². The summed E-state index contributed by atoms with van der Waals surface area (Å²) in [6, 6.07) is 5.86. The largest absolute Gasteiger partial charge is 0.330 e. The van der Waals surface area contributed by atoms with E-state index in [0.717, 1.165) is 5.69 Å². The molecule has 0 spiro atoms. The van der Waals surface area contributed by atoms with Gasteiger partial charge in [0.15, 0.2) is 0 Å². The van der Waals surface area contributed by atoms with Gasteiger partial charge in [-0.05, 0) is 37.1 Å². The first-order chi connectivity index (χ1) is 6.63. The third kappa shape index (κ3) is 2.85. The molecule has 0 radical (unpaired) electrons. The lowest BCUT2D eigenvalue weighted by molar-refractivity contribution is -0.116. The summed E-state index contributed by atoms with van der Waals surface area (Å²) >= 11 is 0. The monoisotopic (exact) mass is 192 g/mol. The molecule has 1 rings (SSSR count). The standard InChI is InChI=1S/C11H16N2O/c1-8-3-4-10(7-9(8)2)13-11(14)5-6-12/h3-4,7H,5-6,12H2,1-2H3,(H,13,14). The molecule has 0 fully saturated rings. The van der Waals surface area contributed by atoms with Gasteiger partial charge < -0.3 is 11.1 Å². The predicted octanol–water partition coefficient (Wildman–Crippen LogP) is 1.59. The van der Waals surface area contributed by atoms with Crippen molar-refractivity contribution in [2.45, 2.75) is 20.3 Å². The van der Waals surface area contributed by atoms with Gasteiger partial charge in [0.2, 0.25) is 5.91 Å². The first-order valence-corrected chi connectivity index (χ1v) is 4.70. The Bertz CT molecular complexity index is 334. The van der Waals surface area contributed by atoms with Crippen LogP contribution >= 0.6 is 0 Å². The number of carbonyl (C=O) groups is 1. The molecule has 0 saturated heterocycles. The Balaban J connectivity index is 2.68. The van der Waals surface area contributed by atoms with Crippen molar-refractivity contribution in [1.82, 2.24) is 0 Å². The molecule has 0 heterocycles. The van der Waals surface area contributed by atoms with E-state index in [1.165, 1.54) is 11.1 Å². The summed E-state index contributed by atoms with van der Waals surface area (Å²) in [7, 11) is 0. The van der Waals surface area contributed by atoms with Gasteiger partial charge in [0.25, 0.3) is 0 Å². The van der Waals surface area contributed by atoms with Crippen molar-refractivity contribution in [2.24, 2.45) is 5.73 Å². The lowest BCUT2D eigenvalue weighted by Gasteiger charge is -2.06. The van der Waals surface area contributed by atoms with E-state index in [2.05, 4.69) is 5.32 Å². The number of nitrogens with two attached hydrogens (primary N) is 1. The number of benzene rings is 1. The Morgan fingerprint density at radius 3 is 2.64 bits per heavy atom. The van der Waals surface area contributed by atoms with Crippen LogP contribution in [0.15, 0.2) is 18.2 Å². The van der Waals surface area contributed by atoms with Gasteiger partial charge in [-0.2, -0.15) is 0 Å². The van der Waals surface area contributed by atoms with Gasteiger partial charge in [0.1, 0.15) is 0 Å². The lowest BCUT2D eigenvalue weighted by atomic mass is 10.1. The number of amides is 1. The summed E-state index contributed by atoms with van der Waals surface area (Å²) in [4.78, 5) is 11.2. The van der Waals surface area contributed by atoms with Crippen molar-refractivity contribution in [2.75, 3.05) is 11.9 Å². The van der Waals surface area contributed by atoms with E-state index in [-0.39, 0.29) is 5.91 Å². The first kappa shape index (κ1) is 10.7. The normalized spacial score (nSPS) is 9.93. The quantitative estimate of drug-likeness (QED) is 0.764. The topological polar surface area (TPSA) is 55.1 Å². The van der Waals surface area contributed by atoms with Crippen LogP contribution in [0.2, 0.25) is 0 Å². The third-order valence-electron chi connectivity index (χ3n) is 2.16. The van der Waals surface area contributed by atoms with Crippen LogP contribution in [0.1, 0.15) is 17.5 Å². The Kier molecular flexibility index (Phi) is 3.65. The van der Waals surface area contributed by atoms with Crippen LogP contribution in [-0.2, 0) is 4.79 Å². The molecule has 0 unspecified atom stereocenters. The second kappa shape index (κ2) is 4.77. The molecule has 3 nitrogen and oxygen atoms in total. The van der Waals surface area contributed by atoms with Gasteiger partial charge >= 0.3 is 0 Å².